The van der Waals surface area contributed by atoms with Crippen molar-refractivity contribution in [3.8, 4) is 0 Å². The van der Waals surface area contributed by atoms with Gasteiger partial charge in [-0.15, -0.1) is 0 Å². The van der Waals surface area contributed by atoms with Crippen LogP contribution in [0.3, 0.4) is 0 Å². The van der Waals surface area contributed by atoms with Crippen LogP contribution in [0.4, 0.5) is 0 Å². The summed E-state index contributed by atoms with van der Waals surface area (Å²) in [6.07, 6.45) is 53.8. The Morgan fingerprint density at radius 3 is 1.11 bits per heavy atom. The topological polar surface area (TPSA) is 78.9 Å². The predicted octanol–water partition coefficient (Wildman–Crippen LogP) is 15.5. The molecule has 0 aromatic carbocycles. The Morgan fingerprint density at radius 1 is 0.368 bits per heavy atom. The zero-order chi connectivity index (χ0) is 41.5. The first-order valence-electron chi connectivity index (χ1n) is 24.2. The quantitative estimate of drug-likeness (QED) is 0.0201. The van der Waals surface area contributed by atoms with Crippen LogP contribution < -0.4 is 0 Å². The van der Waals surface area contributed by atoms with E-state index in [-0.39, 0.29) is 31.1 Å². The van der Waals surface area contributed by atoms with Gasteiger partial charge in [0.25, 0.3) is 0 Å². The molecule has 330 valence electrons. The Morgan fingerprint density at radius 2 is 0.702 bits per heavy atom. The number of rotatable bonds is 43. The predicted molar refractivity (Wildman–Crippen MR) is 242 cm³/mol. The number of hydrogen-bond donors (Lipinski definition) is 0. The molecule has 0 aliphatic heterocycles. The number of unbranched alkanes of at least 4 members (excludes halogenated alkanes) is 26. The van der Waals surface area contributed by atoms with E-state index in [0.717, 1.165) is 83.5 Å². The molecule has 0 amide bonds. The van der Waals surface area contributed by atoms with Crippen molar-refractivity contribution >= 4 is 17.9 Å². The van der Waals surface area contributed by atoms with Gasteiger partial charge in [0.05, 0.1) is 0 Å². The summed E-state index contributed by atoms with van der Waals surface area (Å²) >= 11 is 0. The van der Waals surface area contributed by atoms with Crippen LogP contribution >= 0.6 is 0 Å². The molecule has 0 saturated heterocycles. The van der Waals surface area contributed by atoms with Gasteiger partial charge in [-0.3, -0.25) is 14.4 Å². The normalized spacial score (nSPS) is 12.4. The Labute approximate surface area is 352 Å². The SMILES string of the molecule is CC\C=C/C=C\C=C/CCCCCCCC(=O)OC(COC(=O)CCCCCCCCC/C=C\CCCCCCCC)COC(=O)CCCCCCCCCCC. The van der Waals surface area contributed by atoms with E-state index in [9.17, 15) is 14.4 Å². The number of esters is 3. The number of carbonyl (C=O) groups excluding carboxylic acids is 3. The maximum absolute atomic E-state index is 12.7. The van der Waals surface area contributed by atoms with E-state index in [1.54, 1.807) is 0 Å². The minimum atomic E-state index is -0.780. The van der Waals surface area contributed by atoms with Crippen molar-refractivity contribution in [1.29, 1.82) is 0 Å². The molecule has 0 aromatic heterocycles. The monoisotopic (exact) mass is 799 g/mol. The molecule has 0 spiro atoms. The van der Waals surface area contributed by atoms with Gasteiger partial charge in [-0.2, -0.15) is 0 Å². The van der Waals surface area contributed by atoms with Gasteiger partial charge < -0.3 is 14.2 Å². The Hall–Kier alpha value is -2.63. The van der Waals surface area contributed by atoms with E-state index in [2.05, 4.69) is 69.4 Å². The lowest BCUT2D eigenvalue weighted by Gasteiger charge is -2.18. The van der Waals surface area contributed by atoms with Crippen LogP contribution in [0.1, 0.15) is 239 Å². The maximum atomic E-state index is 12.7. The molecule has 6 heteroatoms. The van der Waals surface area contributed by atoms with Crippen LogP contribution in [0.15, 0.2) is 48.6 Å². The molecule has 6 nitrogen and oxygen atoms in total. The summed E-state index contributed by atoms with van der Waals surface area (Å²) in [6, 6.07) is 0. The molecular formula is C51H90O6. The van der Waals surface area contributed by atoms with Crippen LogP contribution in [-0.2, 0) is 28.6 Å². The van der Waals surface area contributed by atoms with Crippen molar-refractivity contribution < 1.29 is 28.6 Å². The minimum absolute atomic E-state index is 0.0816. The summed E-state index contributed by atoms with van der Waals surface area (Å²) in [7, 11) is 0. The largest absolute Gasteiger partial charge is 0.462 e. The molecule has 0 bridgehead atoms. The molecule has 0 aliphatic rings. The number of carbonyl (C=O) groups is 3. The Kier molecular flexibility index (Phi) is 43.9. The van der Waals surface area contributed by atoms with Crippen LogP contribution in [0.25, 0.3) is 0 Å². The van der Waals surface area contributed by atoms with Crippen LogP contribution in [0.2, 0.25) is 0 Å². The fraction of sp³-hybridized carbons (Fsp3) is 0.784. The standard InChI is InChI=1S/C51H90O6/c1-4-7-10-13-16-19-21-23-24-25-26-28-29-32-35-38-41-44-50(53)56-47-48(46-55-49(52)43-40-37-34-31-18-15-12-9-6-3)57-51(54)45-42-39-36-33-30-27-22-20-17-14-11-8-5-2/h8,11,14,17,20,22-24,48H,4-7,9-10,12-13,15-16,18-19,21,25-47H2,1-3H3/b11-8-,17-14-,22-20-,24-23-. The van der Waals surface area contributed by atoms with Crippen LogP contribution in [0.5, 0.6) is 0 Å². The molecule has 0 fully saturated rings. The number of ether oxygens (including phenoxy) is 3. The summed E-state index contributed by atoms with van der Waals surface area (Å²) in [4.78, 5) is 37.8. The van der Waals surface area contributed by atoms with Crippen molar-refractivity contribution in [3.63, 3.8) is 0 Å². The highest BCUT2D eigenvalue weighted by molar-refractivity contribution is 5.71. The Bertz CT molecular complexity index is 1010. The minimum Gasteiger partial charge on any atom is -0.462 e. The third kappa shape index (κ3) is 44.3. The van der Waals surface area contributed by atoms with Gasteiger partial charge in [0.2, 0.25) is 0 Å². The first-order chi connectivity index (χ1) is 28.0. The average molecular weight is 799 g/mol. The maximum Gasteiger partial charge on any atom is 0.306 e. The summed E-state index contributed by atoms with van der Waals surface area (Å²) < 4.78 is 16.7. The molecule has 0 aromatic rings. The zero-order valence-corrected chi connectivity index (χ0v) is 37.6. The molecule has 1 unspecified atom stereocenters. The second-order valence-electron chi connectivity index (χ2n) is 16.1. The van der Waals surface area contributed by atoms with Gasteiger partial charge in [0, 0.05) is 19.3 Å². The highest BCUT2D eigenvalue weighted by Crippen LogP contribution is 2.14. The third-order valence-corrected chi connectivity index (χ3v) is 10.4. The van der Waals surface area contributed by atoms with Crippen molar-refractivity contribution in [2.45, 2.75) is 245 Å². The highest BCUT2D eigenvalue weighted by atomic mass is 16.6. The highest BCUT2D eigenvalue weighted by Gasteiger charge is 2.19. The zero-order valence-electron chi connectivity index (χ0n) is 37.6. The van der Waals surface area contributed by atoms with Crippen molar-refractivity contribution in [1.82, 2.24) is 0 Å². The second-order valence-corrected chi connectivity index (χ2v) is 16.1. The molecule has 0 saturated carbocycles. The van der Waals surface area contributed by atoms with Gasteiger partial charge in [-0.1, -0.05) is 204 Å². The molecule has 0 rings (SSSR count). The number of allylic oxidation sites excluding steroid dienone is 8. The lowest BCUT2D eigenvalue weighted by atomic mass is 10.1. The van der Waals surface area contributed by atoms with Crippen molar-refractivity contribution in [2.24, 2.45) is 0 Å². The molecule has 0 aliphatic carbocycles. The van der Waals surface area contributed by atoms with Gasteiger partial charge >= 0.3 is 17.9 Å². The molecule has 1 atom stereocenters. The fourth-order valence-corrected chi connectivity index (χ4v) is 6.73. The van der Waals surface area contributed by atoms with E-state index in [4.69, 9.17) is 14.2 Å². The molecule has 0 heterocycles. The summed E-state index contributed by atoms with van der Waals surface area (Å²) in [6.45, 7) is 6.46. The molecule has 0 N–H and O–H groups in total. The Balaban J connectivity index is 4.34. The molecule has 57 heavy (non-hydrogen) atoms. The van der Waals surface area contributed by atoms with Crippen LogP contribution in [-0.4, -0.2) is 37.2 Å². The lowest BCUT2D eigenvalue weighted by Crippen LogP contribution is -2.30. The van der Waals surface area contributed by atoms with Crippen molar-refractivity contribution in [2.75, 3.05) is 13.2 Å². The van der Waals surface area contributed by atoms with E-state index in [1.807, 2.05) is 0 Å². The van der Waals surface area contributed by atoms with E-state index in [1.165, 1.54) is 116 Å². The molecular weight excluding hydrogens is 709 g/mol. The number of hydrogen-bond acceptors (Lipinski definition) is 6. The average Bonchev–Trinajstić information content (AvgIpc) is 3.21. The van der Waals surface area contributed by atoms with E-state index < -0.39 is 6.10 Å². The second kappa shape index (κ2) is 46.1. The van der Waals surface area contributed by atoms with Gasteiger partial charge in [0.1, 0.15) is 13.2 Å². The summed E-state index contributed by atoms with van der Waals surface area (Å²) in [5.41, 5.74) is 0. The summed E-state index contributed by atoms with van der Waals surface area (Å²) in [5.74, 6) is -0.907. The molecule has 0 radical (unpaired) electrons. The smallest absolute Gasteiger partial charge is 0.306 e. The first-order valence-corrected chi connectivity index (χ1v) is 24.2. The third-order valence-electron chi connectivity index (χ3n) is 10.4. The fourth-order valence-electron chi connectivity index (χ4n) is 6.73. The van der Waals surface area contributed by atoms with E-state index in [0.29, 0.717) is 19.3 Å². The van der Waals surface area contributed by atoms with Crippen LogP contribution in [0, 0.1) is 0 Å². The van der Waals surface area contributed by atoms with Crippen molar-refractivity contribution in [3.05, 3.63) is 48.6 Å². The first kappa shape index (κ1) is 54.4. The van der Waals surface area contributed by atoms with Gasteiger partial charge in [-0.25, -0.2) is 0 Å². The van der Waals surface area contributed by atoms with Gasteiger partial charge in [-0.05, 0) is 64.2 Å². The lowest BCUT2D eigenvalue weighted by molar-refractivity contribution is -0.167. The van der Waals surface area contributed by atoms with E-state index >= 15 is 0 Å². The van der Waals surface area contributed by atoms with Gasteiger partial charge in [0.15, 0.2) is 6.10 Å². The summed E-state index contributed by atoms with van der Waals surface area (Å²) in [5, 5.41) is 0.